The molecule has 4 fully saturated rings. The minimum atomic E-state index is -1.97. The number of hydrogen-bond donors (Lipinski definition) is 14. The molecule has 4 aliphatic rings. The van der Waals surface area contributed by atoms with E-state index in [-0.39, 0.29) is 0 Å². The Labute approximate surface area is 254 Å². The summed E-state index contributed by atoms with van der Waals surface area (Å²) in [7, 11) is 0. The van der Waals surface area contributed by atoms with E-state index in [0.717, 1.165) is 0 Å². The van der Waals surface area contributed by atoms with E-state index in [4.69, 9.17) is 38.3 Å². The number of rotatable bonds is 12. The van der Waals surface area contributed by atoms with E-state index >= 15 is 0 Å². The van der Waals surface area contributed by atoms with Crippen LogP contribution < -0.4 is 0 Å². The Kier molecular flexibility index (Phi) is 12.8. The summed E-state index contributed by atoms with van der Waals surface area (Å²) < 4.78 is 37.8. The fourth-order valence-corrected chi connectivity index (χ4v) is 5.53. The first-order valence-electron chi connectivity index (χ1n) is 14.1. The van der Waals surface area contributed by atoms with Crippen molar-refractivity contribution in [1.82, 2.24) is 0 Å². The molecule has 0 amide bonds. The molecule has 264 valence electrons. The van der Waals surface area contributed by atoms with Crippen molar-refractivity contribution >= 4 is 0 Å². The molecule has 1 unspecified atom stereocenters. The van der Waals surface area contributed by atoms with Crippen molar-refractivity contribution in [3.05, 3.63) is 0 Å². The summed E-state index contributed by atoms with van der Waals surface area (Å²) in [4.78, 5) is 0. The highest BCUT2D eigenvalue weighted by molar-refractivity contribution is 4.98. The molecule has 0 aromatic heterocycles. The number of hydrogen-bond acceptors (Lipinski definition) is 21. The molecule has 21 nitrogen and oxygen atoms in total. The summed E-state index contributed by atoms with van der Waals surface area (Å²) >= 11 is 0. The molecule has 0 spiro atoms. The van der Waals surface area contributed by atoms with E-state index in [9.17, 15) is 66.4 Å². The predicted octanol–water partition coefficient (Wildman–Crippen LogP) is -9.75. The maximum Gasteiger partial charge on any atom is 0.187 e. The number of ether oxygens (including phenoxy) is 7. The highest BCUT2D eigenvalue weighted by Gasteiger charge is 2.56. The van der Waals surface area contributed by atoms with Gasteiger partial charge in [-0.15, -0.1) is 0 Å². The second kappa shape index (κ2) is 15.6. The molecule has 4 aliphatic heterocycles. The standard InChI is InChI=1S/C24H42O21/c25-1-5(29)17-13(34)15(36)22(42-17)41-8(4-28)18-14(35)16(37)23(43-18)45-20-12(33)10(31)7(3-27)40-24(20)44-19-11(32)9(30)6(2-26)39-21(19)38/h5-38H,1-4H2/t5-,6-,7-,8-,9-,10-,11+,12+,13-,14-,15-,16-,17+,18+,19+,20+,21?,22-,23+,24-/m1/s1. The molecule has 45 heavy (non-hydrogen) atoms. The van der Waals surface area contributed by atoms with Crippen molar-refractivity contribution in [2.45, 2.75) is 123 Å². The Morgan fingerprint density at radius 1 is 0.489 bits per heavy atom. The zero-order valence-corrected chi connectivity index (χ0v) is 23.5. The first-order valence-corrected chi connectivity index (χ1v) is 14.1. The minimum absolute atomic E-state index is 0.776. The van der Waals surface area contributed by atoms with Crippen LogP contribution in [-0.2, 0) is 33.2 Å². The van der Waals surface area contributed by atoms with Gasteiger partial charge in [0.15, 0.2) is 25.2 Å². The van der Waals surface area contributed by atoms with Gasteiger partial charge in [0, 0.05) is 0 Å². The molecular formula is C24H42O21. The first kappa shape index (κ1) is 37.0. The maximum absolute atomic E-state index is 10.8. The SMILES string of the molecule is OC[C@@H](O)[C@@H]1O[C@@H](O[C@H](CO)[C@@H]2O[C@@H](O[C@@H]3[C@@H](O[C@@H]4C(O)O[C@H](CO)[C@@H](O)[C@@H]4O)O[C@H](CO)[C@@H](O)[C@@H]3O)[C@H](O)[C@H]2O)[C@H](O)[C@H]1O. The smallest absolute Gasteiger partial charge is 0.187 e. The number of aliphatic hydroxyl groups excluding tert-OH is 14. The van der Waals surface area contributed by atoms with Gasteiger partial charge in [0.05, 0.1) is 26.4 Å². The van der Waals surface area contributed by atoms with E-state index in [1.54, 1.807) is 0 Å². The fraction of sp³-hybridized carbons (Fsp3) is 1.00. The number of aliphatic hydroxyl groups is 14. The van der Waals surface area contributed by atoms with Gasteiger partial charge in [-0.05, 0) is 0 Å². The molecule has 20 atom stereocenters. The summed E-state index contributed by atoms with van der Waals surface area (Å²) in [5, 5.41) is 142. The summed E-state index contributed by atoms with van der Waals surface area (Å²) in [5.74, 6) is 0. The van der Waals surface area contributed by atoms with Gasteiger partial charge in [0.1, 0.15) is 97.7 Å². The van der Waals surface area contributed by atoms with Crippen molar-refractivity contribution < 1.29 is 105 Å². The third kappa shape index (κ3) is 7.44. The topological polar surface area (TPSA) is 348 Å². The molecular weight excluding hydrogens is 624 g/mol. The van der Waals surface area contributed by atoms with Gasteiger partial charge in [-0.1, -0.05) is 0 Å². The fourth-order valence-electron chi connectivity index (χ4n) is 5.53. The van der Waals surface area contributed by atoms with Gasteiger partial charge in [0.2, 0.25) is 0 Å². The largest absolute Gasteiger partial charge is 0.394 e. The van der Waals surface area contributed by atoms with E-state index < -0.39 is 149 Å². The second-order valence-corrected chi connectivity index (χ2v) is 11.1. The monoisotopic (exact) mass is 666 g/mol. The van der Waals surface area contributed by atoms with Crippen LogP contribution in [0.2, 0.25) is 0 Å². The third-order valence-electron chi connectivity index (χ3n) is 8.18. The maximum atomic E-state index is 10.8. The van der Waals surface area contributed by atoms with Crippen molar-refractivity contribution in [2.75, 3.05) is 26.4 Å². The van der Waals surface area contributed by atoms with Crippen LogP contribution in [0.25, 0.3) is 0 Å². The normalized spacial score (nSPS) is 50.5. The molecule has 0 aromatic rings. The summed E-state index contributed by atoms with van der Waals surface area (Å²) in [6.45, 7) is -3.39. The van der Waals surface area contributed by atoms with Crippen LogP contribution in [0.5, 0.6) is 0 Å². The van der Waals surface area contributed by atoms with Crippen molar-refractivity contribution in [3.63, 3.8) is 0 Å². The van der Waals surface area contributed by atoms with Crippen LogP contribution in [0, 0.1) is 0 Å². The Morgan fingerprint density at radius 2 is 1.00 bits per heavy atom. The molecule has 0 bridgehead atoms. The van der Waals surface area contributed by atoms with Crippen molar-refractivity contribution in [1.29, 1.82) is 0 Å². The molecule has 4 heterocycles. The molecule has 0 saturated carbocycles. The molecule has 21 heteroatoms. The summed E-state index contributed by atoms with van der Waals surface area (Å²) in [6.07, 6.45) is -35.1. The van der Waals surface area contributed by atoms with Gasteiger partial charge < -0.3 is 105 Å². The predicted molar refractivity (Wildman–Crippen MR) is 134 cm³/mol. The molecule has 0 aromatic carbocycles. The van der Waals surface area contributed by atoms with Gasteiger partial charge in [0.25, 0.3) is 0 Å². The lowest BCUT2D eigenvalue weighted by Gasteiger charge is -2.46. The van der Waals surface area contributed by atoms with Crippen LogP contribution in [0.1, 0.15) is 0 Å². The third-order valence-corrected chi connectivity index (χ3v) is 8.18. The first-order chi connectivity index (χ1) is 21.3. The van der Waals surface area contributed by atoms with E-state index in [0.29, 0.717) is 0 Å². The lowest BCUT2D eigenvalue weighted by molar-refractivity contribution is -0.378. The zero-order chi connectivity index (χ0) is 33.3. The van der Waals surface area contributed by atoms with Crippen molar-refractivity contribution in [2.24, 2.45) is 0 Å². The minimum Gasteiger partial charge on any atom is -0.394 e. The Morgan fingerprint density at radius 3 is 1.58 bits per heavy atom. The molecule has 0 radical (unpaired) electrons. The Hall–Kier alpha value is -0.840. The van der Waals surface area contributed by atoms with Gasteiger partial charge in [-0.3, -0.25) is 0 Å². The van der Waals surface area contributed by atoms with E-state index in [1.807, 2.05) is 0 Å². The van der Waals surface area contributed by atoms with Gasteiger partial charge in [-0.2, -0.15) is 0 Å². The highest BCUT2D eigenvalue weighted by atomic mass is 16.8. The Bertz CT molecular complexity index is 918. The van der Waals surface area contributed by atoms with Crippen LogP contribution in [0.3, 0.4) is 0 Å². The average molecular weight is 667 g/mol. The van der Waals surface area contributed by atoms with Crippen molar-refractivity contribution in [3.8, 4) is 0 Å². The van der Waals surface area contributed by atoms with E-state index in [1.165, 1.54) is 0 Å². The van der Waals surface area contributed by atoms with Crippen LogP contribution >= 0.6 is 0 Å². The van der Waals surface area contributed by atoms with E-state index in [2.05, 4.69) is 0 Å². The lowest BCUT2D eigenvalue weighted by atomic mass is 9.97. The lowest BCUT2D eigenvalue weighted by Crippen LogP contribution is -2.65. The average Bonchev–Trinajstić information content (AvgIpc) is 3.47. The summed E-state index contributed by atoms with van der Waals surface area (Å²) in [5.41, 5.74) is 0. The van der Waals surface area contributed by atoms with Gasteiger partial charge >= 0.3 is 0 Å². The van der Waals surface area contributed by atoms with Crippen LogP contribution in [-0.4, -0.2) is 221 Å². The zero-order valence-electron chi connectivity index (χ0n) is 23.5. The van der Waals surface area contributed by atoms with Crippen LogP contribution in [0.15, 0.2) is 0 Å². The Balaban J connectivity index is 1.48. The molecule has 0 aliphatic carbocycles. The van der Waals surface area contributed by atoms with Crippen LogP contribution in [0.4, 0.5) is 0 Å². The second-order valence-electron chi connectivity index (χ2n) is 11.1. The van der Waals surface area contributed by atoms with Gasteiger partial charge in [-0.25, -0.2) is 0 Å². The molecule has 14 N–H and O–H groups in total. The summed E-state index contributed by atoms with van der Waals surface area (Å²) in [6, 6.07) is 0. The quantitative estimate of drug-likeness (QED) is 0.0919. The molecule has 4 rings (SSSR count). The highest BCUT2D eigenvalue weighted by Crippen LogP contribution is 2.35. The molecule has 4 saturated heterocycles.